The van der Waals surface area contributed by atoms with Gasteiger partial charge in [-0.3, -0.25) is 4.79 Å². The number of anilines is 1. The summed E-state index contributed by atoms with van der Waals surface area (Å²) in [6, 6.07) is 8.97. The summed E-state index contributed by atoms with van der Waals surface area (Å²) in [6.07, 6.45) is 4.24. The Labute approximate surface area is 233 Å². The average molecular weight is 562 g/mol. The van der Waals surface area contributed by atoms with Crippen LogP contribution in [0.15, 0.2) is 54.4 Å². The summed E-state index contributed by atoms with van der Waals surface area (Å²) in [5.41, 5.74) is 6.89. The lowest BCUT2D eigenvalue weighted by Crippen LogP contribution is -2.41. The quantitative estimate of drug-likeness (QED) is 0.242. The molecule has 1 atom stereocenters. The number of rotatable bonds is 6. The smallest absolute Gasteiger partial charge is 0.264 e. The Morgan fingerprint density at radius 3 is 2.73 bits per heavy atom. The lowest BCUT2D eigenvalue weighted by Gasteiger charge is -2.33. The molecule has 1 fully saturated rings. The Morgan fingerprint density at radius 2 is 2.00 bits per heavy atom. The number of fused-ring (bicyclic) bond motifs is 1. The zero-order valence-electron chi connectivity index (χ0n) is 22.3. The molecule has 1 amide bonds. The minimum absolute atomic E-state index is 0.0334. The van der Waals surface area contributed by atoms with Crippen molar-refractivity contribution in [1.82, 2.24) is 24.6 Å². The molecule has 0 aliphatic carbocycles. The number of nitrogens with zero attached hydrogens (tertiary/aromatic N) is 6. The van der Waals surface area contributed by atoms with E-state index in [0.29, 0.717) is 30.4 Å². The molecule has 12 heteroatoms. The second kappa shape index (κ2) is 11.3. The second-order valence-electron chi connectivity index (χ2n) is 10.0. The summed E-state index contributed by atoms with van der Waals surface area (Å²) in [4.78, 5) is 23.1. The summed E-state index contributed by atoms with van der Waals surface area (Å²) >= 11 is 0. The van der Waals surface area contributed by atoms with Crippen LogP contribution in [0.5, 0.6) is 11.5 Å². The fourth-order valence-corrected chi connectivity index (χ4v) is 4.88. The molecule has 0 spiro atoms. The van der Waals surface area contributed by atoms with E-state index in [2.05, 4.69) is 15.1 Å². The third kappa shape index (κ3) is 5.43. The van der Waals surface area contributed by atoms with Crippen LogP contribution in [0.1, 0.15) is 32.7 Å². The molecule has 5 rings (SSSR count). The Bertz CT molecular complexity index is 1710. The van der Waals surface area contributed by atoms with Crippen LogP contribution >= 0.6 is 0 Å². The van der Waals surface area contributed by atoms with Crippen LogP contribution in [-0.2, 0) is 4.79 Å². The lowest BCUT2D eigenvalue weighted by molar-refractivity contribution is -0.128. The normalized spacial score (nSPS) is 15.8. The maximum Gasteiger partial charge on any atom is 0.264 e. The van der Waals surface area contributed by atoms with Gasteiger partial charge in [-0.25, -0.2) is 23.4 Å². The number of carbonyl (C=O) groups excluding carboxylic acids is 1. The summed E-state index contributed by atoms with van der Waals surface area (Å²) in [6.45, 7) is 4.54. The van der Waals surface area contributed by atoms with Crippen molar-refractivity contribution < 1.29 is 22.7 Å². The van der Waals surface area contributed by atoms with Crippen molar-refractivity contribution in [3.8, 4) is 28.8 Å². The monoisotopic (exact) mass is 561 g/mol. The standard InChI is InChI=1S/C29H26F3N7O2/c1-16(2)11-17(13-33)29(40)38-10-4-5-18(14-38)39-28-24(27(34)35-15-36-28)26(37-39)20-9-8-19(12-22(20)31)41-23-7-3-6-21(30)25(23)32/h3,6-9,11-12,15-16,18H,4-5,10,14H2,1-2H3,(H2,34,35,36)/t18-/m0/s1. The third-order valence-electron chi connectivity index (χ3n) is 6.74. The molecule has 1 aliphatic heterocycles. The summed E-state index contributed by atoms with van der Waals surface area (Å²) in [5, 5.41) is 14.5. The third-order valence-corrected chi connectivity index (χ3v) is 6.74. The molecular weight excluding hydrogens is 535 g/mol. The van der Waals surface area contributed by atoms with Crippen LogP contribution < -0.4 is 10.5 Å². The van der Waals surface area contributed by atoms with E-state index in [4.69, 9.17) is 10.5 Å². The molecule has 2 aromatic heterocycles. The highest BCUT2D eigenvalue weighted by Gasteiger charge is 2.30. The van der Waals surface area contributed by atoms with E-state index in [1.807, 2.05) is 19.9 Å². The Hall–Kier alpha value is -4.92. The minimum Gasteiger partial charge on any atom is -0.454 e. The van der Waals surface area contributed by atoms with Gasteiger partial charge in [-0.05, 0) is 43.0 Å². The topological polar surface area (TPSA) is 123 Å². The van der Waals surface area contributed by atoms with E-state index in [-0.39, 0.29) is 58.6 Å². The van der Waals surface area contributed by atoms with Gasteiger partial charge in [0.1, 0.15) is 41.0 Å². The number of hydrogen-bond acceptors (Lipinski definition) is 7. The number of hydrogen-bond donors (Lipinski definition) is 1. The molecule has 0 unspecified atom stereocenters. The van der Waals surface area contributed by atoms with Crippen LogP contribution in [0.4, 0.5) is 19.0 Å². The van der Waals surface area contributed by atoms with Gasteiger partial charge in [0, 0.05) is 24.7 Å². The molecule has 2 N–H and O–H groups in total. The molecule has 9 nitrogen and oxygen atoms in total. The summed E-state index contributed by atoms with van der Waals surface area (Å²) in [7, 11) is 0. The molecule has 1 saturated heterocycles. The molecule has 4 aromatic rings. The minimum atomic E-state index is -1.19. The lowest BCUT2D eigenvalue weighted by atomic mass is 10.0. The van der Waals surface area contributed by atoms with Gasteiger partial charge >= 0.3 is 0 Å². The van der Waals surface area contributed by atoms with E-state index in [1.54, 1.807) is 15.7 Å². The number of amides is 1. The maximum absolute atomic E-state index is 15.5. The number of halogens is 3. The fraction of sp³-hybridized carbons (Fsp3) is 0.276. The zero-order valence-corrected chi connectivity index (χ0v) is 22.3. The zero-order chi connectivity index (χ0) is 29.3. The number of likely N-dealkylation sites (tertiary alicyclic amines) is 1. The number of ether oxygens (including phenoxy) is 1. The highest BCUT2D eigenvalue weighted by molar-refractivity contribution is 5.99. The van der Waals surface area contributed by atoms with Gasteiger partial charge < -0.3 is 15.4 Å². The number of nitrogens with two attached hydrogens (primary N) is 1. The largest absolute Gasteiger partial charge is 0.454 e. The maximum atomic E-state index is 15.5. The number of aromatic nitrogens is 4. The molecule has 41 heavy (non-hydrogen) atoms. The first-order chi connectivity index (χ1) is 19.7. The highest BCUT2D eigenvalue weighted by atomic mass is 19.2. The first kappa shape index (κ1) is 27.6. The molecule has 0 bridgehead atoms. The molecule has 0 radical (unpaired) electrons. The summed E-state index contributed by atoms with van der Waals surface area (Å²) in [5.74, 6) is -3.68. The Morgan fingerprint density at radius 1 is 1.20 bits per heavy atom. The number of allylic oxidation sites excluding steroid dienone is 1. The van der Waals surface area contributed by atoms with Gasteiger partial charge in [-0.2, -0.15) is 14.8 Å². The number of nitrogen functional groups attached to an aromatic ring is 1. The van der Waals surface area contributed by atoms with E-state index < -0.39 is 17.5 Å². The van der Waals surface area contributed by atoms with E-state index in [9.17, 15) is 18.8 Å². The predicted molar refractivity (Wildman–Crippen MR) is 145 cm³/mol. The van der Waals surface area contributed by atoms with Crippen molar-refractivity contribution in [3.05, 3.63) is 71.8 Å². The first-order valence-corrected chi connectivity index (χ1v) is 13.0. The molecule has 3 heterocycles. The predicted octanol–water partition coefficient (Wildman–Crippen LogP) is 5.55. The second-order valence-corrected chi connectivity index (χ2v) is 10.0. The van der Waals surface area contributed by atoms with E-state index in [1.165, 1.54) is 30.6 Å². The van der Waals surface area contributed by atoms with Crippen LogP contribution in [0.25, 0.3) is 22.3 Å². The van der Waals surface area contributed by atoms with Crippen molar-refractivity contribution in [1.29, 1.82) is 5.26 Å². The van der Waals surface area contributed by atoms with Gasteiger partial charge in [-0.1, -0.05) is 26.0 Å². The summed E-state index contributed by atoms with van der Waals surface area (Å²) < 4.78 is 50.1. The van der Waals surface area contributed by atoms with Crippen LogP contribution in [0, 0.1) is 34.7 Å². The first-order valence-electron chi connectivity index (χ1n) is 13.0. The van der Waals surface area contributed by atoms with Crippen molar-refractivity contribution in [2.45, 2.75) is 32.7 Å². The van der Waals surface area contributed by atoms with Crippen LogP contribution in [0.2, 0.25) is 0 Å². The Balaban J connectivity index is 1.50. The Kier molecular flexibility index (Phi) is 7.61. The molecule has 1 aliphatic rings. The highest BCUT2D eigenvalue weighted by Crippen LogP contribution is 2.37. The molecular formula is C29H26F3N7O2. The molecule has 0 saturated carbocycles. The number of piperidine rings is 1. The van der Waals surface area contributed by atoms with Gasteiger partial charge in [0.25, 0.3) is 5.91 Å². The SMILES string of the molecule is CC(C)C=C(C#N)C(=O)N1CCC[C@H](n2nc(-c3ccc(Oc4cccc(F)c4F)cc3F)c3c(N)ncnc32)C1. The molecule has 2 aromatic carbocycles. The van der Waals surface area contributed by atoms with Crippen molar-refractivity contribution >= 4 is 22.8 Å². The molecule has 210 valence electrons. The number of nitriles is 1. The fourth-order valence-electron chi connectivity index (χ4n) is 4.88. The van der Waals surface area contributed by atoms with Crippen molar-refractivity contribution in [2.24, 2.45) is 5.92 Å². The van der Waals surface area contributed by atoms with E-state index >= 15 is 4.39 Å². The average Bonchev–Trinajstić information content (AvgIpc) is 3.34. The van der Waals surface area contributed by atoms with E-state index in [0.717, 1.165) is 12.1 Å². The van der Waals surface area contributed by atoms with Crippen LogP contribution in [-0.4, -0.2) is 43.6 Å². The van der Waals surface area contributed by atoms with Crippen molar-refractivity contribution in [3.63, 3.8) is 0 Å². The van der Waals surface area contributed by atoms with Crippen molar-refractivity contribution in [2.75, 3.05) is 18.8 Å². The van der Waals surface area contributed by atoms with Gasteiger partial charge in [0.15, 0.2) is 17.2 Å². The number of carbonyl (C=O) groups is 1. The van der Waals surface area contributed by atoms with Crippen LogP contribution in [0.3, 0.4) is 0 Å². The number of benzene rings is 2. The van der Waals surface area contributed by atoms with Gasteiger partial charge in [0.2, 0.25) is 5.82 Å². The van der Waals surface area contributed by atoms with Gasteiger partial charge in [0.05, 0.1) is 11.4 Å². The van der Waals surface area contributed by atoms with Gasteiger partial charge in [-0.15, -0.1) is 0 Å².